The van der Waals surface area contributed by atoms with E-state index in [0.29, 0.717) is 5.56 Å². The van der Waals surface area contributed by atoms with Crippen molar-refractivity contribution in [2.24, 2.45) is 4.99 Å². The molecular formula is C17H9F4NO2. The molecule has 0 saturated carbocycles. The van der Waals surface area contributed by atoms with Gasteiger partial charge in [0.2, 0.25) is 5.90 Å². The first-order valence-corrected chi connectivity index (χ1v) is 6.79. The lowest BCUT2D eigenvalue weighted by Crippen LogP contribution is -2.08. The summed E-state index contributed by atoms with van der Waals surface area (Å²) in [5.41, 5.74) is -0.986. The summed E-state index contributed by atoms with van der Waals surface area (Å²) in [4.78, 5) is 15.7. The zero-order valence-corrected chi connectivity index (χ0v) is 12.0. The van der Waals surface area contributed by atoms with Crippen LogP contribution in [0.25, 0.3) is 6.08 Å². The molecule has 2 aromatic carbocycles. The lowest BCUT2D eigenvalue weighted by molar-refractivity contribution is -0.137. The molecule has 2 aromatic rings. The zero-order chi connectivity index (χ0) is 17.3. The summed E-state index contributed by atoms with van der Waals surface area (Å²) in [5.74, 6) is -1.43. The molecule has 0 unspecified atom stereocenters. The molecule has 1 heterocycles. The van der Waals surface area contributed by atoms with Crippen molar-refractivity contribution in [3.8, 4) is 0 Å². The lowest BCUT2D eigenvalue weighted by atomic mass is 10.1. The smallest absolute Gasteiger partial charge is 0.402 e. The fraction of sp³-hybridized carbons (Fsp3) is 0.0588. The number of cyclic esters (lactones) is 1. The summed E-state index contributed by atoms with van der Waals surface area (Å²) in [6.45, 7) is 0. The highest BCUT2D eigenvalue weighted by Crippen LogP contribution is 2.33. The van der Waals surface area contributed by atoms with Crippen LogP contribution in [0.1, 0.15) is 16.7 Å². The summed E-state index contributed by atoms with van der Waals surface area (Å²) in [6, 6.07) is 9.85. The van der Waals surface area contributed by atoms with Crippen LogP contribution in [0.2, 0.25) is 0 Å². The SMILES string of the molecule is O=C1OC(c2ccc(F)cc2)=N/C1=C\c1ccccc1C(F)(F)F. The van der Waals surface area contributed by atoms with Crippen LogP contribution in [0.4, 0.5) is 17.6 Å². The first-order valence-electron chi connectivity index (χ1n) is 6.79. The third-order valence-electron chi connectivity index (χ3n) is 3.27. The summed E-state index contributed by atoms with van der Waals surface area (Å²) in [7, 11) is 0. The average Bonchev–Trinajstić information content (AvgIpc) is 2.88. The van der Waals surface area contributed by atoms with Crippen molar-refractivity contribution in [1.82, 2.24) is 0 Å². The van der Waals surface area contributed by atoms with E-state index >= 15 is 0 Å². The van der Waals surface area contributed by atoms with Gasteiger partial charge in [0.05, 0.1) is 5.56 Å². The Morgan fingerprint density at radius 1 is 1.00 bits per heavy atom. The zero-order valence-electron chi connectivity index (χ0n) is 12.0. The Labute approximate surface area is 133 Å². The van der Waals surface area contributed by atoms with Crippen LogP contribution in [-0.2, 0) is 15.7 Å². The largest absolute Gasteiger partial charge is 0.416 e. The van der Waals surface area contributed by atoms with Crippen molar-refractivity contribution in [3.63, 3.8) is 0 Å². The fourth-order valence-electron chi connectivity index (χ4n) is 2.15. The van der Waals surface area contributed by atoms with E-state index in [0.717, 1.165) is 24.3 Å². The van der Waals surface area contributed by atoms with Crippen molar-refractivity contribution in [1.29, 1.82) is 0 Å². The number of hydrogen-bond donors (Lipinski definition) is 0. The van der Waals surface area contributed by atoms with Gasteiger partial charge in [0, 0.05) is 5.56 Å². The average molecular weight is 335 g/mol. The van der Waals surface area contributed by atoms with E-state index in [1.807, 2.05) is 0 Å². The molecule has 3 rings (SSSR count). The molecule has 0 amide bonds. The fourth-order valence-corrected chi connectivity index (χ4v) is 2.15. The number of halogens is 4. The molecular weight excluding hydrogens is 326 g/mol. The van der Waals surface area contributed by atoms with E-state index in [9.17, 15) is 22.4 Å². The molecule has 1 aliphatic heterocycles. The van der Waals surface area contributed by atoms with E-state index in [2.05, 4.69) is 4.99 Å². The number of esters is 1. The van der Waals surface area contributed by atoms with Crippen LogP contribution in [0, 0.1) is 5.82 Å². The molecule has 24 heavy (non-hydrogen) atoms. The third-order valence-corrected chi connectivity index (χ3v) is 3.27. The predicted octanol–water partition coefficient (Wildman–Crippen LogP) is 4.19. The van der Waals surface area contributed by atoms with Gasteiger partial charge in [-0.05, 0) is 42.0 Å². The van der Waals surface area contributed by atoms with Gasteiger partial charge in [-0.25, -0.2) is 14.2 Å². The topological polar surface area (TPSA) is 38.7 Å². The van der Waals surface area contributed by atoms with Gasteiger partial charge in [-0.2, -0.15) is 13.2 Å². The standard InChI is InChI=1S/C17H9F4NO2/c18-12-7-5-10(6-8-12)15-22-14(16(23)24-15)9-11-3-1-2-4-13(11)17(19,20)21/h1-9H/b14-9-. The van der Waals surface area contributed by atoms with Gasteiger partial charge in [-0.15, -0.1) is 0 Å². The molecule has 0 fully saturated rings. The molecule has 0 spiro atoms. The Bertz CT molecular complexity index is 852. The van der Waals surface area contributed by atoms with Crippen LogP contribution in [0.5, 0.6) is 0 Å². The monoisotopic (exact) mass is 335 g/mol. The van der Waals surface area contributed by atoms with Crippen molar-refractivity contribution in [3.05, 3.63) is 76.7 Å². The van der Waals surface area contributed by atoms with Crippen LogP contribution in [-0.4, -0.2) is 11.9 Å². The number of rotatable bonds is 2. The number of aliphatic imine (C=N–C) groups is 1. The highest BCUT2D eigenvalue weighted by Gasteiger charge is 2.33. The first-order chi connectivity index (χ1) is 11.3. The molecule has 0 saturated heterocycles. The molecule has 122 valence electrons. The van der Waals surface area contributed by atoms with Gasteiger partial charge < -0.3 is 4.74 Å². The summed E-state index contributed by atoms with van der Waals surface area (Å²) < 4.78 is 56.8. The van der Waals surface area contributed by atoms with Crippen molar-refractivity contribution in [2.75, 3.05) is 0 Å². The molecule has 7 heteroatoms. The number of carbonyl (C=O) groups excluding carboxylic acids is 1. The van der Waals surface area contributed by atoms with Gasteiger partial charge >= 0.3 is 12.1 Å². The van der Waals surface area contributed by atoms with Crippen molar-refractivity contribution < 1.29 is 27.1 Å². The molecule has 0 bridgehead atoms. The number of ether oxygens (including phenoxy) is 1. The molecule has 0 radical (unpaired) electrons. The summed E-state index contributed by atoms with van der Waals surface area (Å²) >= 11 is 0. The van der Waals surface area contributed by atoms with Crippen molar-refractivity contribution >= 4 is 17.9 Å². The molecule has 0 N–H and O–H groups in total. The van der Waals surface area contributed by atoms with E-state index in [4.69, 9.17) is 4.74 Å². The molecule has 0 atom stereocenters. The van der Waals surface area contributed by atoms with E-state index in [1.54, 1.807) is 0 Å². The maximum absolute atomic E-state index is 13.0. The molecule has 1 aliphatic rings. The lowest BCUT2D eigenvalue weighted by Gasteiger charge is -2.09. The Balaban J connectivity index is 1.99. The third kappa shape index (κ3) is 3.19. The maximum Gasteiger partial charge on any atom is 0.416 e. The normalized spacial score (nSPS) is 16.2. The molecule has 0 aromatic heterocycles. The quantitative estimate of drug-likeness (QED) is 0.469. The molecule has 0 aliphatic carbocycles. The highest BCUT2D eigenvalue weighted by atomic mass is 19.4. The minimum atomic E-state index is -4.56. The predicted molar refractivity (Wildman–Crippen MR) is 78.5 cm³/mol. The number of benzene rings is 2. The maximum atomic E-state index is 13.0. The van der Waals surface area contributed by atoms with E-state index in [1.165, 1.54) is 30.3 Å². The van der Waals surface area contributed by atoms with Crippen LogP contribution < -0.4 is 0 Å². The van der Waals surface area contributed by atoms with Crippen LogP contribution in [0.15, 0.2) is 59.2 Å². The van der Waals surface area contributed by atoms with Gasteiger partial charge in [0.25, 0.3) is 0 Å². The van der Waals surface area contributed by atoms with Crippen LogP contribution in [0.3, 0.4) is 0 Å². The highest BCUT2D eigenvalue weighted by molar-refractivity contribution is 6.12. The summed E-state index contributed by atoms with van der Waals surface area (Å²) in [6.07, 6.45) is -3.54. The molecule has 3 nitrogen and oxygen atoms in total. The minimum Gasteiger partial charge on any atom is -0.402 e. The second-order valence-corrected chi connectivity index (χ2v) is 4.93. The number of hydrogen-bond acceptors (Lipinski definition) is 3. The first kappa shape index (κ1) is 15.9. The summed E-state index contributed by atoms with van der Waals surface area (Å²) in [5, 5.41) is 0. The number of alkyl halides is 3. The van der Waals surface area contributed by atoms with Crippen LogP contribution >= 0.6 is 0 Å². The van der Waals surface area contributed by atoms with Gasteiger partial charge in [0.15, 0.2) is 5.70 Å². The minimum absolute atomic E-state index is 0.0873. The second-order valence-electron chi connectivity index (χ2n) is 4.93. The van der Waals surface area contributed by atoms with Gasteiger partial charge in [0.1, 0.15) is 5.82 Å². The van der Waals surface area contributed by atoms with E-state index < -0.39 is 23.5 Å². The van der Waals surface area contributed by atoms with Gasteiger partial charge in [-0.3, -0.25) is 0 Å². The van der Waals surface area contributed by atoms with E-state index in [-0.39, 0.29) is 17.2 Å². The van der Waals surface area contributed by atoms with Crippen molar-refractivity contribution in [2.45, 2.75) is 6.18 Å². The Morgan fingerprint density at radius 2 is 1.67 bits per heavy atom. The Hall–Kier alpha value is -2.96. The Kier molecular flexibility index (Phi) is 3.92. The van der Waals surface area contributed by atoms with Gasteiger partial charge in [-0.1, -0.05) is 18.2 Å². The Morgan fingerprint density at radius 3 is 2.33 bits per heavy atom. The number of nitrogens with zero attached hydrogens (tertiary/aromatic N) is 1. The number of carbonyl (C=O) groups is 1. The second kappa shape index (κ2) is 5.92.